The number of benzene rings is 1. The summed E-state index contributed by atoms with van der Waals surface area (Å²) >= 11 is 0. The van der Waals surface area contributed by atoms with Crippen LogP contribution in [0.5, 0.6) is 0 Å². The van der Waals surface area contributed by atoms with Gasteiger partial charge in [-0.25, -0.2) is 0 Å². The molecule has 2 N–H and O–H groups in total. The van der Waals surface area contributed by atoms with Gasteiger partial charge in [-0.2, -0.15) is 0 Å². The van der Waals surface area contributed by atoms with Crippen molar-refractivity contribution in [3.8, 4) is 11.3 Å². The average Bonchev–Trinajstić information content (AvgIpc) is 3.08. The molecule has 0 saturated heterocycles. The third-order valence-corrected chi connectivity index (χ3v) is 6.05. The number of nitrogens with one attached hydrogen (secondary N) is 1. The lowest BCUT2D eigenvalue weighted by atomic mass is 9.77. The van der Waals surface area contributed by atoms with Crippen LogP contribution < -0.4 is 5.32 Å². The average molecular weight is 392 g/mol. The van der Waals surface area contributed by atoms with Gasteiger partial charge in [-0.1, -0.05) is 12.1 Å². The number of pyridine rings is 1. The number of fused-ring (bicyclic) bond motifs is 1. The molecule has 0 aliphatic heterocycles. The molecule has 152 valence electrons. The largest absolute Gasteiger partial charge is 0.461 e. The van der Waals surface area contributed by atoms with Gasteiger partial charge in [0, 0.05) is 28.8 Å². The second-order valence-corrected chi connectivity index (χ2v) is 8.68. The molecule has 2 heterocycles. The first-order valence-electron chi connectivity index (χ1n) is 10.3. The lowest BCUT2D eigenvalue weighted by molar-refractivity contribution is -0.00257. The molecule has 0 unspecified atom stereocenters. The van der Waals surface area contributed by atoms with Crippen molar-refractivity contribution in [2.45, 2.75) is 58.1 Å². The van der Waals surface area contributed by atoms with E-state index in [1.807, 2.05) is 57.2 Å². The predicted octanol–water partition coefficient (Wildman–Crippen LogP) is 4.86. The van der Waals surface area contributed by atoms with Gasteiger partial charge >= 0.3 is 0 Å². The smallest absolute Gasteiger partial charge is 0.251 e. The van der Waals surface area contributed by atoms with Gasteiger partial charge in [0.15, 0.2) is 0 Å². The van der Waals surface area contributed by atoms with E-state index in [4.69, 9.17) is 4.42 Å². The van der Waals surface area contributed by atoms with E-state index in [2.05, 4.69) is 10.3 Å². The van der Waals surface area contributed by atoms with Gasteiger partial charge in [0.2, 0.25) is 0 Å². The fraction of sp³-hybridized carbons (Fsp3) is 0.417. The lowest BCUT2D eigenvalue weighted by Gasteiger charge is -2.36. The minimum absolute atomic E-state index is 0.0476. The Labute approximate surface area is 171 Å². The molecule has 0 atom stereocenters. The quantitative estimate of drug-likeness (QED) is 0.665. The fourth-order valence-corrected chi connectivity index (χ4v) is 4.31. The van der Waals surface area contributed by atoms with E-state index in [1.165, 1.54) is 0 Å². The van der Waals surface area contributed by atoms with Crippen LogP contribution in [0.25, 0.3) is 22.2 Å². The van der Waals surface area contributed by atoms with Gasteiger partial charge < -0.3 is 14.8 Å². The molecule has 4 rings (SSSR count). The molecule has 5 heteroatoms. The maximum Gasteiger partial charge on any atom is 0.251 e. The Balaban J connectivity index is 1.43. The summed E-state index contributed by atoms with van der Waals surface area (Å²) in [6.45, 7) is 5.67. The second-order valence-electron chi connectivity index (χ2n) is 8.68. The third kappa shape index (κ3) is 4.20. The predicted molar refractivity (Wildman–Crippen MR) is 114 cm³/mol. The molecule has 0 radical (unpaired) electrons. The molecule has 1 saturated carbocycles. The van der Waals surface area contributed by atoms with Crippen LogP contribution in [-0.2, 0) is 0 Å². The first-order chi connectivity index (χ1) is 13.8. The van der Waals surface area contributed by atoms with Crippen molar-refractivity contribution >= 4 is 16.9 Å². The maximum absolute atomic E-state index is 12.7. The topological polar surface area (TPSA) is 75.4 Å². The molecule has 29 heavy (non-hydrogen) atoms. The van der Waals surface area contributed by atoms with Crippen molar-refractivity contribution in [3.05, 3.63) is 53.9 Å². The van der Waals surface area contributed by atoms with E-state index in [0.717, 1.165) is 53.7 Å². The van der Waals surface area contributed by atoms with Crippen LogP contribution in [-0.4, -0.2) is 27.6 Å². The molecule has 0 bridgehead atoms. The second kappa shape index (κ2) is 7.64. The number of aliphatic hydroxyl groups is 1. The summed E-state index contributed by atoms with van der Waals surface area (Å²) in [6.07, 6.45) is 5.43. The Bertz CT molecular complexity index is 1010. The molecule has 1 amide bonds. The van der Waals surface area contributed by atoms with E-state index in [9.17, 15) is 9.90 Å². The van der Waals surface area contributed by atoms with Gasteiger partial charge in [-0.05, 0) is 76.6 Å². The van der Waals surface area contributed by atoms with Gasteiger partial charge in [-0.15, -0.1) is 0 Å². The van der Waals surface area contributed by atoms with E-state index in [-0.39, 0.29) is 11.9 Å². The minimum Gasteiger partial charge on any atom is -0.461 e. The summed E-state index contributed by atoms with van der Waals surface area (Å²) < 4.78 is 5.69. The van der Waals surface area contributed by atoms with Crippen LogP contribution in [0.3, 0.4) is 0 Å². The van der Waals surface area contributed by atoms with E-state index >= 15 is 0 Å². The van der Waals surface area contributed by atoms with Crippen LogP contribution in [0.1, 0.15) is 55.6 Å². The van der Waals surface area contributed by atoms with Crippen LogP contribution >= 0.6 is 0 Å². The molecular formula is C24H28N2O3. The molecule has 1 aliphatic carbocycles. The SMILES string of the molecule is Cc1cc2c(-c3ccc(C(=O)NC4CCC(C(C)(C)O)CC4)cc3)nccc2o1. The molecule has 1 fully saturated rings. The monoisotopic (exact) mass is 392 g/mol. The number of hydrogen-bond donors (Lipinski definition) is 2. The summed E-state index contributed by atoms with van der Waals surface area (Å²) in [5, 5.41) is 14.3. The van der Waals surface area contributed by atoms with Crippen LogP contribution in [0.2, 0.25) is 0 Å². The van der Waals surface area contributed by atoms with E-state index in [1.54, 1.807) is 6.20 Å². The number of aromatic nitrogens is 1. The van der Waals surface area contributed by atoms with Gasteiger partial charge in [0.25, 0.3) is 5.91 Å². The molecule has 5 nitrogen and oxygen atoms in total. The summed E-state index contributed by atoms with van der Waals surface area (Å²) in [7, 11) is 0. The molecule has 0 spiro atoms. The molecular weight excluding hydrogens is 364 g/mol. The van der Waals surface area contributed by atoms with E-state index in [0.29, 0.717) is 11.5 Å². The Morgan fingerprint density at radius 3 is 2.48 bits per heavy atom. The van der Waals surface area contributed by atoms with Crippen LogP contribution in [0.4, 0.5) is 0 Å². The van der Waals surface area contributed by atoms with Crippen molar-refractivity contribution < 1.29 is 14.3 Å². The summed E-state index contributed by atoms with van der Waals surface area (Å²) in [4.78, 5) is 17.2. The summed E-state index contributed by atoms with van der Waals surface area (Å²) in [5.74, 6) is 1.11. The molecule has 1 aliphatic rings. The third-order valence-electron chi connectivity index (χ3n) is 6.05. The highest BCUT2D eigenvalue weighted by Gasteiger charge is 2.31. The zero-order valence-corrected chi connectivity index (χ0v) is 17.2. The van der Waals surface area contributed by atoms with Crippen molar-refractivity contribution in [2.75, 3.05) is 0 Å². The lowest BCUT2D eigenvalue weighted by Crippen LogP contribution is -2.41. The zero-order valence-electron chi connectivity index (χ0n) is 17.2. The van der Waals surface area contributed by atoms with Gasteiger partial charge in [0.1, 0.15) is 11.3 Å². The number of rotatable bonds is 4. The Morgan fingerprint density at radius 1 is 1.14 bits per heavy atom. The van der Waals surface area contributed by atoms with Crippen molar-refractivity contribution in [1.29, 1.82) is 0 Å². The number of carbonyl (C=O) groups is 1. The Morgan fingerprint density at radius 2 is 1.83 bits per heavy atom. The first-order valence-corrected chi connectivity index (χ1v) is 10.3. The molecule has 2 aromatic heterocycles. The first kappa shape index (κ1) is 19.6. The number of amides is 1. The highest BCUT2D eigenvalue weighted by Crippen LogP contribution is 2.33. The van der Waals surface area contributed by atoms with Crippen LogP contribution in [0, 0.1) is 12.8 Å². The molecule has 1 aromatic carbocycles. The summed E-state index contributed by atoms with van der Waals surface area (Å²) in [6, 6.07) is 11.6. The number of aryl methyl sites for hydroxylation is 1. The highest BCUT2D eigenvalue weighted by atomic mass is 16.3. The van der Waals surface area contributed by atoms with Crippen molar-refractivity contribution in [2.24, 2.45) is 5.92 Å². The minimum atomic E-state index is -0.644. The normalized spacial score (nSPS) is 20.0. The van der Waals surface area contributed by atoms with Crippen LogP contribution in [0.15, 0.2) is 47.0 Å². The Hall–Kier alpha value is -2.66. The summed E-state index contributed by atoms with van der Waals surface area (Å²) in [5.41, 5.74) is 2.63. The van der Waals surface area contributed by atoms with Crippen molar-refractivity contribution in [1.82, 2.24) is 10.3 Å². The van der Waals surface area contributed by atoms with Gasteiger partial charge in [0.05, 0.1) is 11.3 Å². The number of hydrogen-bond acceptors (Lipinski definition) is 4. The highest BCUT2D eigenvalue weighted by molar-refractivity contribution is 5.96. The number of furan rings is 1. The zero-order chi connectivity index (χ0) is 20.6. The molecule has 3 aromatic rings. The van der Waals surface area contributed by atoms with E-state index < -0.39 is 5.60 Å². The van der Waals surface area contributed by atoms with Crippen molar-refractivity contribution in [3.63, 3.8) is 0 Å². The standard InChI is InChI=1S/C24H28N2O3/c1-15-14-20-21(29-15)12-13-25-22(20)16-4-6-17(7-5-16)23(27)26-19-10-8-18(9-11-19)24(2,3)28/h4-7,12-14,18-19,28H,8-11H2,1-3H3,(H,26,27). The Kier molecular flexibility index (Phi) is 5.17. The number of carbonyl (C=O) groups excluding carboxylic acids is 1. The number of nitrogens with zero attached hydrogens (tertiary/aromatic N) is 1. The van der Waals surface area contributed by atoms with Gasteiger partial charge in [-0.3, -0.25) is 9.78 Å². The fourth-order valence-electron chi connectivity index (χ4n) is 4.31. The maximum atomic E-state index is 12.7.